The maximum absolute atomic E-state index is 9.74. The van der Waals surface area contributed by atoms with Crippen LogP contribution in [0, 0.1) is 0 Å². The van der Waals surface area contributed by atoms with Crippen LogP contribution in [-0.2, 0) is 20.5 Å². The molecule has 0 spiro atoms. The summed E-state index contributed by atoms with van der Waals surface area (Å²) in [4.78, 5) is 0. The topological polar surface area (TPSA) is 47.9 Å². The number of ether oxygens (including phenoxy) is 2. The van der Waals surface area contributed by atoms with E-state index >= 15 is 0 Å². The van der Waals surface area contributed by atoms with Crippen molar-refractivity contribution in [2.24, 2.45) is 0 Å². The second-order valence-electron chi connectivity index (χ2n) is 4.57. The lowest BCUT2D eigenvalue weighted by Crippen LogP contribution is -2.28. The Kier molecular flexibility index (Phi) is 7.41. The molecule has 0 bridgehead atoms. The van der Waals surface area contributed by atoms with E-state index in [1.54, 1.807) is 31.7 Å². The average Bonchev–Trinajstić information content (AvgIpc) is 2.48. The highest BCUT2D eigenvalue weighted by molar-refractivity contribution is 6.98. The molecule has 0 aromatic heterocycles. The molecule has 3 atom stereocenters. The van der Waals surface area contributed by atoms with Gasteiger partial charge in [-0.25, -0.2) is 0 Å². The summed E-state index contributed by atoms with van der Waals surface area (Å²) >= 11 is 11.8. The summed E-state index contributed by atoms with van der Waals surface area (Å²) in [6, 6.07) is 5.14. The van der Waals surface area contributed by atoms with Crippen molar-refractivity contribution < 1.29 is 19.0 Å². The standard InChI is InChI=1S/C13H20BCl2O4Si/c1-9(19-7-13(17)8-20-21(2)14)18-6-10-3-11(15)5-12(16)4-10/h3-5,9,13-14,17,21H,6-8H2,1-2H3/i14T,21D. The summed E-state index contributed by atoms with van der Waals surface area (Å²) in [5.74, 6) is 0. The van der Waals surface area contributed by atoms with Gasteiger partial charge in [0.1, 0.15) is 16.2 Å². The van der Waals surface area contributed by atoms with Crippen LogP contribution >= 0.6 is 23.2 Å². The van der Waals surface area contributed by atoms with Crippen LogP contribution in [-0.4, -0.2) is 49.5 Å². The summed E-state index contributed by atoms with van der Waals surface area (Å²) in [5.41, 5.74) is 0.823. The fraction of sp³-hybridized carbons (Fsp3) is 0.538. The number of hydrogen-bond donors (Lipinski definition) is 1. The van der Waals surface area contributed by atoms with Crippen molar-refractivity contribution in [2.75, 3.05) is 13.2 Å². The predicted octanol–water partition coefficient (Wildman–Crippen LogP) is 2.00. The first-order chi connectivity index (χ1) is 10.7. The first-order valence-corrected chi connectivity index (χ1v) is 9.19. The van der Waals surface area contributed by atoms with Crippen LogP contribution in [0.3, 0.4) is 0 Å². The maximum atomic E-state index is 9.74. The summed E-state index contributed by atoms with van der Waals surface area (Å²) in [7, 11) is -1.86. The number of aliphatic hydroxyl groups excluding tert-OH is 1. The van der Waals surface area contributed by atoms with Crippen LogP contribution < -0.4 is 0 Å². The molecule has 3 unspecified atom stereocenters. The van der Waals surface area contributed by atoms with Crippen molar-refractivity contribution in [3.05, 3.63) is 33.8 Å². The van der Waals surface area contributed by atoms with Crippen molar-refractivity contribution in [2.45, 2.75) is 32.5 Å². The van der Waals surface area contributed by atoms with Gasteiger partial charge in [0.25, 0.3) is 0 Å². The van der Waals surface area contributed by atoms with Gasteiger partial charge in [0, 0.05) is 11.3 Å². The van der Waals surface area contributed by atoms with Crippen molar-refractivity contribution in [1.29, 1.82) is 2.57 Å². The van der Waals surface area contributed by atoms with E-state index in [4.69, 9.17) is 39.7 Å². The minimum absolute atomic E-state index is 0.0138. The Morgan fingerprint density at radius 2 is 2.05 bits per heavy atom. The van der Waals surface area contributed by atoms with Crippen molar-refractivity contribution in [3.8, 4) is 0 Å². The highest BCUT2D eigenvalue weighted by Crippen LogP contribution is 2.19. The van der Waals surface area contributed by atoms with Crippen molar-refractivity contribution in [3.63, 3.8) is 0 Å². The van der Waals surface area contributed by atoms with Crippen LogP contribution in [0.25, 0.3) is 0 Å². The summed E-state index contributed by atoms with van der Waals surface area (Å²) < 4.78 is 30.8. The molecule has 1 radical (unpaired) electrons. The molecule has 0 amide bonds. The highest BCUT2D eigenvalue weighted by Gasteiger charge is 2.10. The second kappa shape index (κ2) is 9.84. The van der Waals surface area contributed by atoms with Gasteiger partial charge in [-0.2, -0.15) is 0 Å². The molecule has 1 N–H and O–H groups in total. The number of aliphatic hydroxyl groups is 1. The Balaban J connectivity index is 2.27. The molecule has 1 aromatic carbocycles. The fourth-order valence-corrected chi connectivity index (χ4v) is 2.50. The first-order valence-electron chi connectivity index (χ1n) is 7.52. The molecule has 0 saturated carbocycles. The number of benzene rings is 1. The zero-order valence-corrected chi connectivity index (χ0v) is 14.5. The van der Waals surface area contributed by atoms with E-state index in [9.17, 15) is 5.11 Å². The van der Waals surface area contributed by atoms with Gasteiger partial charge in [-0.15, -0.1) is 0 Å². The van der Waals surface area contributed by atoms with Crippen LogP contribution in [0.4, 0.5) is 0 Å². The van der Waals surface area contributed by atoms with Crippen LogP contribution in [0.2, 0.25) is 16.6 Å². The molecular weight excluding hydrogens is 330 g/mol. The molecule has 0 fully saturated rings. The van der Waals surface area contributed by atoms with Gasteiger partial charge in [0.2, 0.25) is 0 Å². The SMILES string of the molecule is [2H][Si](C)([B][3H])OCC(O)COC(C)OCc1cc(Cl)cc(Cl)c1. The summed E-state index contributed by atoms with van der Waals surface area (Å²) in [5, 5.41) is 10.8. The van der Waals surface area contributed by atoms with Crippen molar-refractivity contribution >= 4 is 39.4 Å². The third-order valence-electron chi connectivity index (χ3n) is 2.43. The molecule has 1 aromatic rings. The van der Waals surface area contributed by atoms with E-state index in [0.717, 1.165) is 13.0 Å². The van der Waals surface area contributed by atoms with Gasteiger partial charge in [0.05, 0.1) is 25.9 Å². The van der Waals surface area contributed by atoms with Crippen LogP contribution in [0.1, 0.15) is 12.5 Å². The van der Waals surface area contributed by atoms with E-state index in [-0.39, 0.29) is 19.8 Å². The molecule has 0 saturated heterocycles. The Morgan fingerprint density at radius 3 is 2.67 bits per heavy atom. The zero-order valence-electron chi connectivity index (χ0n) is 14.0. The van der Waals surface area contributed by atoms with Gasteiger partial charge in [-0.3, -0.25) is 0 Å². The maximum Gasteiger partial charge on any atom is 0.155 e. The fourth-order valence-electron chi connectivity index (χ4n) is 1.48. The highest BCUT2D eigenvalue weighted by atomic mass is 35.5. The third kappa shape index (κ3) is 8.83. The van der Waals surface area contributed by atoms with Gasteiger partial charge in [0.15, 0.2) is 6.29 Å². The lowest BCUT2D eigenvalue weighted by atomic mass is 10.2. The molecule has 0 aliphatic heterocycles. The zero-order chi connectivity index (χ0) is 17.5. The third-order valence-corrected chi connectivity index (χ3v) is 3.49. The Bertz CT molecular complexity index is 479. The Morgan fingerprint density at radius 1 is 1.38 bits per heavy atom. The first kappa shape index (κ1) is 15.8. The molecule has 4 nitrogen and oxygen atoms in total. The summed E-state index contributed by atoms with van der Waals surface area (Å²) in [6.07, 6.45) is -1.41. The molecule has 0 heterocycles. The largest absolute Gasteiger partial charge is 0.427 e. The molecule has 117 valence electrons. The average molecular weight is 353 g/mol. The van der Waals surface area contributed by atoms with Crippen molar-refractivity contribution in [1.82, 2.24) is 0 Å². The quantitative estimate of drug-likeness (QED) is 0.516. The van der Waals surface area contributed by atoms with Gasteiger partial charge < -0.3 is 19.0 Å². The lowest BCUT2D eigenvalue weighted by molar-refractivity contribution is -0.155. The van der Waals surface area contributed by atoms with E-state index in [1.165, 1.54) is 0 Å². The van der Waals surface area contributed by atoms with Crippen LogP contribution in [0.5, 0.6) is 0 Å². The molecule has 0 aliphatic carbocycles. The van der Waals surface area contributed by atoms with E-state index in [0.29, 0.717) is 10.0 Å². The minimum Gasteiger partial charge on any atom is -0.427 e. The molecule has 21 heavy (non-hydrogen) atoms. The molecule has 0 aliphatic rings. The van der Waals surface area contributed by atoms with Gasteiger partial charge in [-0.05, 0) is 32.0 Å². The minimum atomic E-state index is -2.85. The van der Waals surface area contributed by atoms with Crippen LogP contribution in [0.15, 0.2) is 18.2 Å². The number of hydrogen-bond acceptors (Lipinski definition) is 4. The molecular formula is C13H20BCl2O4Si. The predicted molar refractivity (Wildman–Crippen MR) is 88.8 cm³/mol. The number of halogens is 2. The summed E-state index contributed by atoms with van der Waals surface area (Å²) in [6.45, 7) is 3.51. The molecule has 8 heteroatoms. The monoisotopic (exact) mass is 352 g/mol. The van der Waals surface area contributed by atoms with E-state index in [2.05, 4.69) is 0 Å². The Hall–Kier alpha value is -0.0782. The van der Waals surface area contributed by atoms with Gasteiger partial charge in [-0.1, -0.05) is 29.7 Å². The van der Waals surface area contributed by atoms with Gasteiger partial charge >= 0.3 is 0 Å². The second-order valence-corrected chi connectivity index (χ2v) is 6.95. The molecule has 1 rings (SSSR count). The van der Waals surface area contributed by atoms with E-state index in [1.807, 2.05) is 0 Å². The normalized spacial score (nSPS) is 18.3. The Labute approximate surface area is 141 Å². The lowest BCUT2D eigenvalue weighted by Gasteiger charge is -2.18. The number of rotatable bonds is 10. The smallest absolute Gasteiger partial charge is 0.155 e. The van der Waals surface area contributed by atoms with E-state index < -0.39 is 21.2 Å².